The summed E-state index contributed by atoms with van der Waals surface area (Å²) in [6, 6.07) is 0. The zero-order chi connectivity index (χ0) is 19.6. The smallest absolute Gasteiger partial charge is 0.325 e. The molecule has 1 aromatic heterocycles. The first kappa shape index (κ1) is 18.9. The highest BCUT2D eigenvalue weighted by Crippen LogP contribution is 2.19. The lowest BCUT2D eigenvalue weighted by atomic mass is 10.0. The summed E-state index contributed by atoms with van der Waals surface area (Å²) in [5, 5.41) is 3.99. The van der Waals surface area contributed by atoms with E-state index in [9.17, 15) is 19.2 Å². The molecular weight excluding hydrogens is 354 g/mol. The number of nitrogens with zero attached hydrogens (tertiary/aromatic N) is 3. The van der Waals surface area contributed by atoms with Gasteiger partial charge in [-0.05, 0) is 12.3 Å². The lowest BCUT2D eigenvalue weighted by molar-refractivity contribution is -0.141. The molecule has 0 bridgehead atoms. The number of carbonyl (C=O) groups excluding carboxylic acids is 2. The Labute approximate surface area is 155 Å². The summed E-state index contributed by atoms with van der Waals surface area (Å²) in [5.41, 5.74) is -0.636. The third kappa shape index (κ3) is 4.09. The molecule has 2 aliphatic heterocycles. The standard InChI is InChI=1S/C17H23N5O5/c1-10(2)12-8-13(27-20-12)16(25)22-5-3-4-21(6-7-22)15(24)11-9-18-17(26)19-14(11)23/h9-10,13H,3-8H2,1-2H3,(H2,18,19,23,26). The molecule has 27 heavy (non-hydrogen) atoms. The molecule has 1 aromatic rings. The molecule has 10 nitrogen and oxygen atoms in total. The minimum atomic E-state index is -0.723. The molecule has 146 valence electrons. The molecule has 2 N–H and O–H groups in total. The summed E-state index contributed by atoms with van der Waals surface area (Å²) in [6.07, 6.45) is 1.59. The molecule has 1 fully saturated rings. The van der Waals surface area contributed by atoms with Gasteiger partial charge in [0, 0.05) is 38.8 Å². The van der Waals surface area contributed by atoms with Gasteiger partial charge >= 0.3 is 5.69 Å². The Morgan fingerprint density at radius 3 is 2.56 bits per heavy atom. The van der Waals surface area contributed by atoms with Gasteiger partial charge in [0.25, 0.3) is 17.4 Å². The Morgan fingerprint density at radius 2 is 1.89 bits per heavy atom. The van der Waals surface area contributed by atoms with Gasteiger partial charge in [0.1, 0.15) is 5.56 Å². The first-order valence-electron chi connectivity index (χ1n) is 8.99. The Balaban J connectivity index is 1.62. The van der Waals surface area contributed by atoms with Gasteiger partial charge < -0.3 is 19.6 Å². The predicted octanol–water partition coefficient (Wildman–Crippen LogP) is -0.461. The molecule has 2 aliphatic rings. The van der Waals surface area contributed by atoms with Crippen LogP contribution in [-0.2, 0) is 9.63 Å². The third-order valence-corrected chi connectivity index (χ3v) is 4.78. The van der Waals surface area contributed by atoms with E-state index >= 15 is 0 Å². The molecule has 1 unspecified atom stereocenters. The molecule has 0 spiro atoms. The second-order valence-electron chi connectivity index (χ2n) is 6.99. The zero-order valence-electron chi connectivity index (χ0n) is 15.4. The van der Waals surface area contributed by atoms with Gasteiger partial charge in [0.15, 0.2) is 0 Å². The Hall–Kier alpha value is -2.91. The first-order valence-corrected chi connectivity index (χ1v) is 8.99. The fourth-order valence-electron chi connectivity index (χ4n) is 3.15. The number of aromatic nitrogens is 2. The summed E-state index contributed by atoms with van der Waals surface area (Å²) in [4.78, 5) is 61.0. The maximum atomic E-state index is 12.7. The zero-order valence-corrected chi connectivity index (χ0v) is 15.4. The van der Waals surface area contributed by atoms with Crippen LogP contribution in [0.25, 0.3) is 0 Å². The monoisotopic (exact) mass is 377 g/mol. The van der Waals surface area contributed by atoms with Crippen molar-refractivity contribution in [3.8, 4) is 0 Å². The summed E-state index contributed by atoms with van der Waals surface area (Å²) in [7, 11) is 0. The van der Waals surface area contributed by atoms with Crippen LogP contribution < -0.4 is 11.2 Å². The molecule has 3 rings (SSSR count). The van der Waals surface area contributed by atoms with E-state index in [1.807, 2.05) is 18.8 Å². The number of oxime groups is 1. The minimum absolute atomic E-state index is 0.122. The minimum Gasteiger partial charge on any atom is -0.382 e. The normalized spacial score (nSPS) is 20.3. The molecular formula is C17H23N5O5. The SMILES string of the molecule is CC(C)C1=NOC(C(=O)N2CCCN(C(=O)c3c[nH]c(=O)[nH]c3=O)CC2)C1. The van der Waals surface area contributed by atoms with Crippen LogP contribution in [0.2, 0.25) is 0 Å². The lowest BCUT2D eigenvalue weighted by Crippen LogP contribution is -2.43. The first-order chi connectivity index (χ1) is 12.9. The van der Waals surface area contributed by atoms with Gasteiger partial charge in [-0.3, -0.25) is 19.4 Å². The number of hydrogen-bond donors (Lipinski definition) is 2. The average molecular weight is 377 g/mol. The second-order valence-corrected chi connectivity index (χ2v) is 6.99. The van der Waals surface area contributed by atoms with E-state index in [0.717, 1.165) is 11.9 Å². The molecule has 0 aromatic carbocycles. The number of nitrogens with one attached hydrogen (secondary N) is 2. The fraction of sp³-hybridized carbons (Fsp3) is 0.588. The molecule has 0 radical (unpaired) electrons. The van der Waals surface area contributed by atoms with Crippen LogP contribution in [-0.4, -0.2) is 69.6 Å². The maximum Gasteiger partial charge on any atom is 0.325 e. The number of hydrogen-bond acceptors (Lipinski definition) is 6. The summed E-state index contributed by atoms with van der Waals surface area (Å²) in [6.45, 7) is 5.57. The molecule has 1 atom stereocenters. The van der Waals surface area contributed by atoms with Crippen molar-refractivity contribution in [2.75, 3.05) is 26.2 Å². The number of H-pyrrole nitrogens is 2. The Bertz CT molecular complexity index is 871. The number of carbonyl (C=O) groups is 2. The third-order valence-electron chi connectivity index (χ3n) is 4.78. The van der Waals surface area contributed by atoms with Crippen LogP contribution in [0.15, 0.2) is 20.9 Å². The van der Waals surface area contributed by atoms with E-state index in [0.29, 0.717) is 39.0 Å². The topological polar surface area (TPSA) is 128 Å². The molecule has 2 amide bonds. The molecule has 0 aliphatic carbocycles. The van der Waals surface area contributed by atoms with Crippen molar-refractivity contribution in [1.82, 2.24) is 19.8 Å². The van der Waals surface area contributed by atoms with Gasteiger partial charge in [-0.1, -0.05) is 19.0 Å². The molecule has 10 heteroatoms. The van der Waals surface area contributed by atoms with Gasteiger partial charge in [-0.25, -0.2) is 4.79 Å². The van der Waals surface area contributed by atoms with Crippen molar-refractivity contribution in [3.63, 3.8) is 0 Å². The van der Waals surface area contributed by atoms with Crippen molar-refractivity contribution in [1.29, 1.82) is 0 Å². The van der Waals surface area contributed by atoms with Crippen LogP contribution in [0.1, 0.15) is 37.0 Å². The predicted molar refractivity (Wildman–Crippen MR) is 96.5 cm³/mol. The van der Waals surface area contributed by atoms with Crippen LogP contribution in [0.5, 0.6) is 0 Å². The molecule has 1 saturated heterocycles. The molecule has 3 heterocycles. The fourth-order valence-corrected chi connectivity index (χ4v) is 3.15. The largest absolute Gasteiger partial charge is 0.382 e. The van der Waals surface area contributed by atoms with Crippen molar-refractivity contribution >= 4 is 17.5 Å². The van der Waals surface area contributed by atoms with Gasteiger partial charge in [0.2, 0.25) is 6.10 Å². The van der Waals surface area contributed by atoms with Gasteiger partial charge in [0.05, 0.1) is 5.71 Å². The highest BCUT2D eigenvalue weighted by molar-refractivity contribution is 5.94. The van der Waals surface area contributed by atoms with Crippen LogP contribution in [0.4, 0.5) is 0 Å². The van der Waals surface area contributed by atoms with Crippen LogP contribution >= 0.6 is 0 Å². The second kappa shape index (κ2) is 7.77. The van der Waals surface area contributed by atoms with Crippen LogP contribution in [0, 0.1) is 5.92 Å². The highest BCUT2D eigenvalue weighted by atomic mass is 16.6. The summed E-state index contributed by atoms with van der Waals surface area (Å²) < 4.78 is 0. The van der Waals surface area contributed by atoms with Crippen molar-refractivity contribution in [3.05, 3.63) is 32.6 Å². The van der Waals surface area contributed by atoms with Gasteiger partial charge in [-0.15, -0.1) is 0 Å². The van der Waals surface area contributed by atoms with Crippen molar-refractivity contribution in [2.45, 2.75) is 32.8 Å². The van der Waals surface area contributed by atoms with Crippen molar-refractivity contribution < 1.29 is 14.4 Å². The number of rotatable bonds is 3. The molecule has 0 saturated carbocycles. The van der Waals surface area contributed by atoms with Gasteiger partial charge in [-0.2, -0.15) is 0 Å². The quantitative estimate of drug-likeness (QED) is 0.737. The maximum absolute atomic E-state index is 12.7. The van der Waals surface area contributed by atoms with E-state index in [1.54, 1.807) is 4.90 Å². The van der Waals surface area contributed by atoms with Crippen LogP contribution in [0.3, 0.4) is 0 Å². The number of aromatic amines is 2. The van der Waals surface area contributed by atoms with E-state index in [2.05, 4.69) is 10.1 Å². The summed E-state index contributed by atoms with van der Waals surface area (Å²) in [5.74, 6) is -0.370. The van der Waals surface area contributed by atoms with E-state index in [4.69, 9.17) is 4.84 Å². The average Bonchev–Trinajstić information content (AvgIpc) is 2.99. The Kier molecular flexibility index (Phi) is 5.43. The van der Waals surface area contributed by atoms with Crippen molar-refractivity contribution in [2.24, 2.45) is 11.1 Å². The van der Waals surface area contributed by atoms with E-state index in [1.165, 1.54) is 4.90 Å². The Morgan fingerprint density at radius 1 is 1.19 bits per heavy atom. The van der Waals surface area contributed by atoms with E-state index < -0.39 is 23.3 Å². The number of amides is 2. The highest BCUT2D eigenvalue weighted by Gasteiger charge is 2.34. The van der Waals surface area contributed by atoms with E-state index in [-0.39, 0.29) is 17.4 Å². The summed E-state index contributed by atoms with van der Waals surface area (Å²) >= 11 is 0. The lowest BCUT2D eigenvalue weighted by Gasteiger charge is -2.23.